The Labute approximate surface area is 134 Å². The smallest absolute Gasteiger partial charge is 0.411 e. The lowest BCUT2D eigenvalue weighted by Crippen LogP contribution is -2.51. The van der Waals surface area contributed by atoms with Gasteiger partial charge in [-0.1, -0.05) is 0 Å². The number of ether oxygens (including phenoxy) is 1. The van der Waals surface area contributed by atoms with Crippen molar-refractivity contribution in [2.24, 2.45) is 0 Å². The topological polar surface area (TPSA) is 58.6 Å². The highest BCUT2D eigenvalue weighted by molar-refractivity contribution is 7.99. The summed E-state index contributed by atoms with van der Waals surface area (Å²) in [6, 6.07) is -0.149. The molecule has 5 nitrogen and oxygen atoms in total. The molecule has 0 radical (unpaired) electrons. The molecule has 2 aliphatic rings. The van der Waals surface area contributed by atoms with E-state index in [1.54, 1.807) is 16.7 Å². The van der Waals surface area contributed by atoms with Gasteiger partial charge in [0.25, 0.3) is 0 Å². The first-order valence-electron chi connectivity index (χ1n) is 7.32. The average molecular weight is 332 g/mol. The Bertz CT molecular complexity index is 392. The van der Waals surface area contributed by atoms with E-state index in [9.17, 15) is 9.59 Å². The van der Waals surface area contributed by atoms with Crippen LogP contribution in [-0.2, 0) is 9.53 Å². The minimum absolute atomic E-state index is 0.0391. The second-order valence-electron chi connectivity index (χ2n) is 6.36. The highest BCUT2D eigenvalue weighted by Gasteiger charge is 2.37. The van der Waals surface area contributed by atoms with Crippen LogP contribution in [-0.4, -0.2) is 57.7 Å². The Morgan fingerprint density at radius 3 is 2.48 bits per heavy atom. The number of thioether (sulfide) groups is 2. The Balaban J connectivity index is 1.91. The van der Waals surface area contributed by atoms with Crippen molar-refractivity contribution in [1.29, 1.82) is 0 Å². The van der Waals surface area contributed by atoms with Crippen LogP contribution in [0.15, 0.2) is 0 Å². The summed E-state index contributed by atoms with van der Waals surface area (Å²) in [6.45, 7) is 5.51. The quantitative estimate of drug-likeness (QED) is 0.841. The third-order valence-electron chi connectivity index (χ3n) is 3.38. The van der Waals surface area contributed by atoms with Gasteiger partial charge < -0.3 is 10.1 Å². The largest absolute Gasteiger partial charge is 0.444 e. The van der Waals surface area contributed by atoms with Crippen LogP contribution >= 0.6 is 23.5 Å². The summed E-state index contributed by atoms with van der Waals surface area (Å²) >= 11 is 3.52. The van der Waals surface area contributed by atoms with Crippen molar-refractivity contribution in [2.75, 3.05) is 23.1 Å². The first-order chi connectivity index (χ1) is 9.87. The normalized spacial score (nSPS) is 24.0. The molecule has 2 aliphatic heterocycles. The molecule has 1 N–H and O–H groups in total. The maximum absolute atomic E-state index is 12.4. The van der Waals surface area contributed by atoms with Crippen molar-refractivity contribution in [1.82, 2.24) is 10.2 Å². The zero-order valence-electron chi connectivity index (χ0n) is 12.9. The SMILES string of the molecule is CC(C)(C)OC(=O)N1CSC[C@@H]1C(=O)NC1CCSCC1. The molecule has 0 aromatic rings. The third-order valence-corrected chi connectivity index (χ3v) is 5.44. The molecule has 0 aromatic carbocycles. The number of hydrogen-bond donors (Lipinski definition) is 1. The molecule has 0 aliphatic carbocycles. The number of carbonyl (C=O) groups is 2. The zero-order chi connectivity index (χ0) is 15.5. The van der Waals surface area contributed by atoms with Crippen LogP contribution in [0, 0.1) is 0 Å². The zero-order valence-corrected chi connectivity index (χ0v) is 14.5. The minimum Gasteiger partial charge on any atom is -0.444 e. The Hall–Kier alpha value is -0.560. The van der Waals surface area contributed by atoms with Gasteiger partial charge in [-0.15, -0.1) is 11.8 Å². The van der Waals surface area contributed by atoms with Crippen molar-refractivity contribution >= 4 is 35.5 Å². The van der Waals surface area contributed by atoms with Crippen LogP contribution in [0.25, 0.3) is 0 Å². The maximum Gasteiger partial charge on any atom is 0.411 e. The highest BCUT2D eigenvalue weighted by atomic mass is 32.2. The number of carbonyl (C=O) groups excluding carboxylic acids is 2. The van der Waals surface area contributed by atoms with Crippen molar-refractivity contribution < 1.29 is 14.3 Å². The second kappa shape index (κ2) is 7.13. The van der Waals surface area contributed by atoms with Gasteiger partial charge in [-0.2, -0.15) is 11.8 Å². The van der Waals surface area contributed by atoms with Gasteiger partial charge in [0.2, 0.25) is 5.91 Å². The molecule has 0 bridgehead atoms. The monoisotopic (exact) mass is 332 g/mol. The van der Waals surface area contributed by atoms with E-state index in [2.05, 4.69) is 5.32 Å². The Kier molecular flexibility index (Phi) is 5.71. The van der Waals surface area contributed by atoms with Crippen LogP contribution in [0.3, 0.4) is 0 Å². The molecule has 2 heterocycles. The van der Waals surface area contributed by atoms with Gasteiger partial charge in [-0.05, 0) is 45.1 Å². The summed E-state index contributed by atoms with van der Waals surface area (Å²) in [5.74, 6) is 3.32. The van der Waals surface area contributed by atoms with Crippen LogP contribution in [0.2, 0.25) is 0 Å². The summed E-state index contributed by atoms with van der Waals surface area (Å²) in [5.41, 5.74) is -0.536. The van der Waals surface area contributed by atoms with Gasteiger partial charge in [-0.25, -0.2) is 4.79 Å². The molecule has 2 fully saturated rings. The number of rotatable bonds is 2. The summed E-state index contributed by atoms with van der Waals surface area (Å²) in [5, 5.41) is 3.09. The fraction of sp³-hybridized carbons (Fsp3) is 0.857. The first kappa shape index (κ1) is 16.8. The van der Waals surface area contributed by atoms with E-state index >= 15 is 0 Å². The molecule has 0 aromatic heterocycles. The van der Waals surface area contributed by atoms with E-state index in [0.717, 1.165) is 24.3 Å². The minimum atomic E-state index is -0.536. The molecule has 1 atom stereocenters. The van der Waals surface area contributed by atoms with Gasteiger partial charge in [0.1, 0.15) is 11.6 Å². The number of hydrogen-bond acceptors (Lipinski definition) is 5. The van der Waals surface area contributed by atoms with Gasteiger partial charge in [0.05, 0.1) is 5.88 Å². The van der Waals surface area contributed by atoms with Gasteiger partial charge in [0, 0.05) is 11.8 Å². The van der Waals surface area contributed by atoms with Crippen molar-refractivity contribution in [3.05, 3.63) is 0 Å². The van der Waals surface area contributed by atoms with Gasteiger partial charge >= 0.3 is 6.09 Å². The molecule has 0 unspecified atom stereocenters. The Morgan fingerprint density at radius 1 is 1.19 bits per heavy atom. The molecule has 2 saturated heterocycles. The molecular weight excluding hydrogens is 308 g/mol. The summed E-state index contributed by atoms with van der Waals surface area (Å²) < 4.78 is 5.38. The summed E-state index contributed by atoms with van der Waals surface area (Å²) in [6.07, 6.45) is 1.64. The van der Waals surface area contributed by atoms with Gasteiger partial charge in [-0.3, -0.25) is 9.69 Å². The predicted molar refractivity (Wildman–Crippen MR) is 87.7 cm³/mol. The molecule has 0 spiro atoms. The van der Waals surface area contributed by atoms with Crippen LogP contribution in [0.5, 0.6) is 0 Å². The molecule has 120 valence electrons. The van der Waals surface area contributed by atoms with E-state index in [-0.39, 0.29) is 11.9 Å². The van der Waals surface area contributed by atoms with Gasteiger partial charge in [0.15, 0.2) is 0 Å². The van der Waals surface area contributed by atoms with E-state index in [0.29, 0.717) is 11.6 Å². The van der Waals surface area contributed by atoms with Crippen molar-refractivity contribution in [2.45, 2.75) is 51.3 Å². The van der Waals surface area contributed by atoms with Crippen molar-refractivity contribution in [3.63, 3.8) is 0 Å². The lowest BCUT2D eigenvalue weighted by atomic mass is 10.1. The average Bonchev–Trinajstić information content (AvgIpc) is 2.87. The summed E-state index contributed by atoms with van der Waals surface area (Å²) in [7, 11) is 0. The molecule has 2 rings (SSSR count). The first-order valence-corrected chi connectivity index (χ1v) is 9.63. The van der Waals surface area contributed by atoms with E-state index in [1.165, 1.54) is 0 Å². The van der Waals surface area contributed by atoms with Crippen LogP contribution < -0.4 is 5.32 Å². The Morgan fingerprint density at radius 2 is 1.86 bits per heavy atom. The molecule has 7 heteroatoms. The van der Waals surface area contributed by atoms with Crippen LogP contribution in [0.1, 0.15) is 33.6 Å². The lowest BCUT2D eigenvalue weighted by Gasteiger charge is -2.29. The van der Waals surface area contributed by atoms with Crippen LogP contribution in [0.4, 0.5) is 4.79 Å². The number of amides is 2. The maximum atomic E-state index is 12.4. The van der Waals surface area contributed by atoms with E-state index < -0.39 is 17.7 Å². The summed E-state index contributed by atoms with van der Waals surface area (Å²) in [4.78, 5) is 26.1. The predicted octanol–water partition coefficient (Wildman–Crippen LogP) is 2.31. The van der Waals surface area contributed by atoms with Crippen molar-refractivity contribution in [3.8, 4) is 0 Å². The van der Waals surface area contributed by atoms with E-state index in [1.807, 2.05) is 32.5 Å². The molecule has 0 saturated carbocycles. The number of nitrogens with zero attached hydrogens (tertiary/aromatic N) is 1. The molecular formula is C14H24N2O3S2. The molecule has 21 heavy (non-hydrogen) atoms. The third kappa shape index (κ3) is 4.98. The van der Waals surface area contributed by atoms with E-state index in [4.69, 9.17) is 4.74 Å². The fourth-order valence-corrected chi connectivity index (χ4v) is 4.55. The second-order valence-corrected chi connectivity index (χ2v) is 8.59. The molecule has 2 amide bonds. The lowest BCUT2D eigenvalue weighted by molar-refractivity contribution is -0.125. The standard InChI is InChI=1S/C14H24N2O3S2/c1-14(2,3)19-13(18)16-9-21-8-11(16)12(17)15-10-4-6-20-7-5-10/h10-11H,4-9H2,1-3H3,(H,15,17)/t11-/m1/s1. The number of nitrogens with one attached hydrogen (secondary N) is 1. The highest BCUT2D eigenvalue weighted by Crippen LogP contribution is 2.24. The fourth-order valence-electron chi connectivity index (χ4n) is 2.30.